The van der Waals surface area contributed by atoms with Crippen LogP contribution in [0.1, 0.15) is 52.9 Å². The van der Waals surface area contributed by atoms with Gasteiger partial charge < -0.3 is 10.4 Å². The molecular weight excluding hydrogens is 386 g/mol. The minimum atomic E-state index is -1.20. The highest BCUT2D eigenvalue weighted by molar-refractivity contribution is 6.32. The summed E-state index contributed by atoms with van der Waals surface area (Å²) >= 11 is 6.73. The maximum Gasteiger partial charge on any atom is 0.161 e. The van der Waals surface area contributed by atoms with E-state index >= 15 is 0 Å². The van der Waals surface area contributed by atoms with Crippen molar-refractivity contribution in [3.8, 4) is 0 Å². The molecule has 0 saturated heterocycles. The molecule has 0 unspecified atom stereocenters. The number of hydrogen-bond donors (Lipinski definition) is 2. The quantitative estimate of drug-likeness (QED) is 0.677. The SMILES string of the molecule is CC(=O)[C@@]1(O)CC[C@H]2[C@@H]3C=C(Cl)C4=CC(=O)[C@@H]5C[C@@H]5[C@]4(C)[C@H]3CC[C@@]21C.CNC. The van der Waals surface area contributed by atoms with Gasteiger partial charge in [0.1, 0.15) is 5.60 Å². The molecule has 5 heteroatoms. The molecule has 5 rings (SSSR count). The molecule has 0 aromatic carbocycles. The Balaban J connectivity index is 0.000000645. The number of aliphatic hydroxyl groups is 1. The predicted molar refractivity (Wildman–Crippen MR) is 114 cm³/mol. The van der Waals surface area contributed by atoms with E-state index in [-0.39, 0.29) is 40.2 Å². The number of Topliss-reactive ketones (excluding diaryl/α,β-unsaturated/α-hetero) is 1. The van der Waals surface area contributed by atoms with Gasteiger partial charge in [0.2, 0.25) is 0 Å². The zero-order valence-electron chi connectivity index (χ0n) is 18.2. The van der Waals surface area contributed by atoms with E-state index in [4.69, 9.17) is 11.6 Å². The molecule has 2 N–H and O–H groups in total. The summed E-state index contributed by atoms with van der Waals surface area (Å²) in [5.74, 6) is 1.78. The number of nitrogens with one attached hydrogen (secondary N) is 1. The first-order valence-corrected chi connectivity index (χ1v) is 11.4. The van der Waals surface area contributed by atoms with Gasteiger partial charge >= 0.3 is 0 Å². The fourth-order valence-corrected chi connectivity index (χ4v) is 7.96. The van der Waals surface area contributed by atoms with Crippen LogP contribution in [0.5, 0.6) is 0 Å². The summed E-state index contributed by atoms with van der Waals surface area (Å²) < 4.78 is 0. The average Bonchev–Trinajstić information content (AvgIpc) is 3.41. The summed E-state index contributed by atoms with van der Waals surface area (Å²) in [6, 6.07) is 0. The Morgan fingerprint density at radius 2 is 1.79 bits per heavy atom. The van der Waals surface area contributed by atoms with E-state index in [1.54, 1.807) is 0 Å². The summed E-state index contributed by atoms with van der Waals surface area (Å²) in [6.07, 6.45) is 8.25. The van der Waals surface area contributed by atoms with Crippen molar-refractivity contribution >= 4 is 23.2 Å². The molecule has 0 aromatic rings. The number of halogens is 1. The van der Waals surface area contributed by atoms with E-state index in [1.165, 1.54) is 6.92 Å². The lowest BCUT2D eigenvalue weighted by molar-refractivity contribution is -0.157. The highest BCUT2D eigenvalue weighted by atomic mass is 35.5. The zero-order chi connectivity index (χ0) is 21.4. The van der Waals surface area contributed by atoms with E-state index in [0.29, 0.717) is 18.3 Å². The van der Waals surface area contributed by atoms with Crippen LogP contribution in [0.25, 0.3) is 0 Å². The number of ketones is 2. The maximum absolute atomic E-state index is 12.3. The largest absolute Gasteiger partial charge is 0.382 e. The lowest BCUT2D eigenvalue weighted by Gasteiger charge is -2.57. The Hall–Kier alpha value is -0.970. The summed E-state index contributed by atoms with van der Waals surface area (Å²) in [5.41, 5.74) is -0.566. The first-order valence-electron chi connectivity index (χ1n) is 11.0. The first kappa shape index (κ1) is 21.3. The monoisotopic (exact) mass is 419 g/mol. The lowest BCUT2D eigenvalue weighted by Crippen LogP contribution is -2.56. The van der Waals surface area contributed by atoms with Crippen molar-refractivity contribution in [1.82, 2.24) is 5.32 Å². The molecule has 29 heavy (non-hydrogen) atoms. The highest BCUT2D eigenvalue weighted by Crippen LogP contribution is 2.72. The van der Waals surface area contributed by atoms with E-state index < -0.39 is 5.60 Å². The normalized spacial score (nSPS) is 49.3. The van der Waals surface area contributed by atoms with Crippen molar-refractivity contribution in [2.24, 2.45) is 40.4 Å². The van der Waals surface area contributed by atoms with Gasteiger partial charge in [-0.15, -0.1) is 0 Å². The molecule has 4 nitrogen and oxygen atoms in total. The predicted octanol–water partition coefficient (Wildman–Crippen LogP) is 3.87. The highest BCUT2D eigenvalue weighted by Gasteiger charge is 2.69. The Bertz CT molecular complexity index is 819. The van der Waals surface area contributed by atoms with Crippen molar-refractivity contribution in [2.45, 2.75) is 58.5 Å². The second-order valence-corrected chi connectivity index (χ2v) is 10.8. The molecule has 3 fully saturated rings. The number of carbonyl (C=O) groups is 2. The third-order valence-electron chi connectivity index (χ3n) is 9.23. The van der Waals surface area contributed by atoms with Crippen LogP contribution < -0.4 is 5.32 Å². The molecule has 0 aliphatic heterocycles. The second kappa shape index (κ2) is 6.77. The van der Waals surface area contributed by atoms with Gasteiger partial charge in [0.25, 0.3) is 0 Å². The fraction of sp³-hybridized carbons (Fsp3) is 0.750. The topological polar surface area (TPSA) is 66.4 Å². The lowest BCUT2D eigenvalue weighted by atomic mass is 9.47. The first-order chi connectivity index (χ1) is 13.6. The second-order valence-electron chi connectivity index (χ2n) is 10.4. The Labute approximate surface area is 179 Å². The van der Waals surface area contributed by atoms with Crippen LogP contribution in [0.3, 0.4) is 0 Å². The molecule has 8 atom stereocenters. The van der Waals surface area contributed by atoms with Gasteiger partial charge in [0.15, 0.2) is 11.6 Å². The summed E-state index contributed by atoms with van der Waals surface area (Å²) in [5, 5.41) is 14.7. The molecule has 0 amide bonds. The van der Waals surface area contributed by atoms with Crippen molar-refractivity contribution < 1.29 is 14.7 Å². The number of rotatable bonds is 1. The number of hydrogen-bond acceptors (Lipinski definition) is 4. The number of carbonyl (C=O) groups excluding carboxylic acids is 2. The molecule has 5 aliphatic carbocycles. The van der Waals surface area contributed by atoms with E-state index in [9.17, 15) is 14.7 Å². The minimum Gasteiger partial charge on any atom is -0.382 e. The van der Waals surface area contributed by atoms with Crippen LogP contribution in [0.2, 0.25) is 0 Å². The molecular formula is C24H34ClNO3. The van der Waals surface area contributed by atoms with Crippen molar-refractivity contribution in [3.63, 3.8) is 0 Å². The Kier molecular flexibility index (Phi) is 4.96. The molecule has 3 saturated carbocycles. The van der Waals surface area contributed by atoms with Gasteiger partial charge in [0, 0.05) is 21.8 Å². The number of fused-ring (bicyclic) bond motifs is 7. The van der Waals surface area contributed by atoms with Crippen LogP contribution in [0, 0.1) is 40.4 Å². The summed E-state index contributed by atoms with van der Waals surface area (Å²) in [4.78, 5) is 24.6. The molecule has 5 aliphatic rings. The van der Waals surface area contributed by atoms with Gasteiger partial charge in [-0.3, -0.25) is 9.59 Å². The fourth-order valence-electron chi connectivity index (χ4n) is 7.56. The van der Waals surface area contributed by atoms with Crippen molar-refractivity contribution in [3.05, 3.63) is 22.8 Å². The molecule has 0 bridgehead atoms. The van der Waals surface area contributed by atoms with Crippen LogP contribution >= 0.6 is 11.6 Å². The Morgan fingerprint density at radius 1 is 1.17 bits per heavy atom. The van der Waals surface area contributed by atoms with Gasteiger partial charge in [0.05, 0.1) is 0 Å². The van der Waals surface area contributed by atoms with Crippen molar-refractivity contribution in [1.29, 1.82) is 0 Å². The Morgan fingerprint density at radius 3 is 2.41 bits per heavy atom. The van der Waals surface area contributed by atoms with Crippen LogP contribution in [0.4, 0.5) is 0 Å². The van der Waals surface area contributed by atoms with Gasteiger partial charge in [-0.05, 0) is 88.4 Å². The molecule has 0 aromatic heterocycles. The van der Waals surface area contributed by atoms with Crippen LogP contribution in [-0.2, 0) is 9.59 Å². The van der Waals surface area contributed by atoms with E-state index in [0.717, 1.165) is 36.3 Å². The smallest absolute Gasteiger partial charge is 0.161 e. The standard InChI is InChI=1S/C22H27ClO3.C2H7N/c1-11(24)22(26)7-5-14-12-9-18(23)17-10-19(25)13-8-16(13)21(17,3)15(12)4-6-20(14,22)2;1-3-2/h9-10,12-16,26H,4-8H2,1-3H3;3H,1-2H3/t12-,13+,14-,15-,16-,20-,21-,22-;/m0./s1. The molecule has 160 valence electrons. The summed E-state index contributed by atoms with van der Waals surface area (Å²) in [7, 11) is 3.75. The third-order valence-corrected chi connectivity index (χ3v) is 9.56. The zero-order valence-corrected chi connectivity index (χ0v) is 19.0. The number of allylic oxidation sites excluding steroid dienone is 4. The molecule has 0 heterocycles. The minimum absolute atomic E-state index is 0.0344. The van der Waals surface area contributed by atoms with Crippen molar-refractivity contribution in [2.75, 3.05) is 14.1 Å². The van der Waals surface area contributed by atoms with Gasteiger partial charge in [-0.1, -0.05) is 31.5 Å². The van der Waals surface area contributed by atoms with E-state index in [1.807, 2.05) is 20.2 Å². The van der Waals surface area contributed by atoms with Gasteiger partial charge in [-0.2, -0.15) is 0 Å². The molecule has 0 radical (unpaired) electrons. The maximum atomic E-state index is 12.3. The average molecular weight is 420 g/mol. The van der Waals surface area contributed by atoms with E-state index in [2.05, 4.69) is 25.2 Å². The summed E-state index contributed by atoms with van der Waals surface area (Å²) in [6.45, 7) is 5.97. The van der Waals surface area contributed by atoms with Crippen LogP contribution in [-0.4, -0.2) is 36.4 Å². The van der Waals surface area contributed by atoms with Crippen LogP contribution in [0.15, 0.2) is 22.8 Å². The van der Waals surface area contributed by atoms with Gasteiger partial charge in [-0.25, -0.2) is 0 Å². The molecule has 0 spiro atoms. The third kappa shape index (κ3) is 2.64.